The molecule has 0 spiro atoms. The number of aromatic nitrogens is 2. The minimum Gasteiger partial charge on any atom is -0.444 e. The normalized spacial score (nSPS) is 14.5. The van der Waals surface area contributed by atoms with Gasteiger partial charge in [-0.2, -0.15) is 36.6 Å². The Morgan fingerprint density at radius 2 is 1.11 bits per heavy atom. The molecule has 0 aliphatic carbocycles. The number of carbonyl (C=O) groups is 3. The van der Waals surface area contributed by atoms with Gasteiger partial charge >= 0.3 is 18.4 Å². The first-order valence-electron chi connectivity index (χ1n) is 16.3. The van der Waals surface area contributed by atoms with Crippen molar-refractivity contribution in [3.63, 3.8) is 0 Å². The van der Waals surface area contributed by atoms with Crippen LogP contribution in [0.3, 0.4) is 0 Å². The van der Waals surface area contributed by atoms with Gasteiger partial charge in [-0.1, -0.05) is 33.2 Å². The summed E-state index contributed by atoms with van der Waals surface area (Å²) in [5.41, 5.74) is -4.10. The second-order valence-electron chi connectivity index (χ2n) is 13.6. The van der Waals surface area contributed by atoms with Crippen LogP contribution in [0.2, 0.25) is 0 Å². The molecule has 0 bridgehead atoms. The minimum atomic E-state index is -4.57. The molecule has 3 heterocycles. The maximum atomic E-state index is 15.9. The lowest BCUT2D eigenvalue weighted by atomic mass is 9.84. The predicted octanol–water partition coefficient (Wildman–Crippen LogP) is 8.60. The van der Waals surface area contributed by atoms with Gasteiger partial charge in [-0.15, -0.1) is 0 Å². The molecule has 17 heteroatoms. The molecule has 1 fully saturated rings. The molecule has 0 atom stereocenters. The van der Waals surface area contributed by atoms with Crippen LogP contribution in [-0.4, -0.2) is 61.7 Å². The van der Waals surface area contributed by atoms with Crippen molar-refractivity contribution >= 4 is 17.9 Å². The number of hydrogen-bond acceptors (Lipinski definition) is 6. The van der Waals surface area contributed by atoms with E-state index in [1.165, 1.54) is 60.9 Å². The summed E-state index contributed by atoms with van der Waals surface area (Å²) >= 11 is 0. The first-order valence-corrected chi connectivity index (χ1v) is 16.3. The second-order valence-corrected chi connectivity index (χ2v) is 13.6. The van der Waals surface area contributed by atoms with Gasteiger partial charge in [-0.05, 0) is 86.8 Å². The number of pyridine rings is 2. The van der Waals surface area contributed by atoms with Gasteiger partial charge in [0.1, 0.15) is 5.60 Å². The zero-order valence-electron chi connectivity index (χ0n) is 29.0. The molecule has 9 nitrogen and oxygen atoms in total. The Hall–Kier alpha value is -5.61. The van der Waals surface area contributed by atoms with Crippen molar-refractivity contribution in [2.24, 2.45) is 5.41 Å². The summed E-state index contributed by atoms with van der Waals surface area (Å²) in [5, 5.41) is -0.601. The quantitative estimate of drug-likeness (QED) is 0.101. The van der Waals surface area contributed by atoms with Crippen molar-refractivity contribution in [3.05, 3.63) is 107 Å². The molecule has 2 aromatic carbocycles. The van der Waals surface area contributed by atoms with Gasteiger partial charge in [-0.25, -0.2) is 4.79 Å². The molecule has 286 valence electrons. The summed E-state index contributed by atoms with van der Waals surface area (Å²) in [6, 6.07) is 13.4. The highest BCUT2D eigenvalue weighted by atomic mass is 19.4. The standard InChI is InChI=1S/C37H33F8N5O4/c1-34(2,3)54-33(53)48-17-14-35(22-48,31(51)49(44)20-23-12-15-46-29(18-23)25-4-8-27(9-5-25)36(38,39)40)32(52)50(45)21-24-13-16-47-30(19-24)26-6-10-28(11-7-26)37(41,42)43/h4-13,15-16,18-19H,14,17,20-22H2,1-3H3. The fourth-order valence-electron chi connectivity index (χ4n) is 5.78. The Labute approximate surface area is 304 Å². The van der Waals surface area contributed by atoms with Gasteiger partial charge in [0.25, 0.3) is 11.8 Å². The number of rotatable bonds is 8. The van der Waals surface area contributed by atoms with Gasteiger partial charge in [-0.3, -0.25) is 19.6 Å². The third-order valence-corrected chi connectivity index (χ3v) is 8.49. The van der Waals surface area contributed by atoms with Crippen molar-refractivity contribution in [2.45, 2.75) is 58.2 Å². The minimum absolute atomic E-state index is 0.130. The number of carbonyl (C=O) groups excluding carboxylic acids is 3. The van der Waals surface area contributed by atoms with Gasteiger partial charge in [0, 0.05) is 36.6 Å². The summed E-state index contributed by atoms with van der Waals surface area (Å²) in [6.45, 7) is 2.19. The summed E-state index contributed by atoms with van der Waals surface area (Å²) in [5.74, 6) is -2.93. The van der Waals surface area contributed by atoms with Crippen molar-refractivity contribution in [2.75, 3.05) is 13.1 Å². The van der Waals surface area contributed by atoms with Gasteiger partial charge in [0.15, 0.2) is 5.41 Å². The van der Waals surface area contributed by atoms with Crippen LogP contribution in [0.25, 0.3) is 22.5 Å². The summed E-state index contributed by atoms with van der Waals surface area (Å²) < 4.78 is 115. The Morgan fingerprint density at radius 3 is 1.48 bits per heavy atom. The molecule has 1 saturated heterocycles. The maximum Gasteiger partial charge on any atom is 0.416 e. The van der Waals surface area contributed by atoms with Crippen LogP contribution in [0.15, 0.2) is 85.2 Å². The van der Waals surface area contributed by atoms with Gasteiger partial charge in [0.2, 0.25) is 0 Å². The molecule has 0 unspecified atom stereocenters. The maximum absolute atomic E-state index is 15.9. The number of benzene rings is 2. The van der Waals surface area contributed by atoms with Crippen LogP contribution in [-0.2, 0) is 39.8 Å². The van der Waals surface area contributed by atoms with E-state index < -0.39 is 78.5 Å². The van der Waals surface area contributed by atoms with Crippen molar-refractivity contribution in [3.8, 4) is 22.5 Å². The molecule has 1 aliphatic heterocycles. The highest BCUT2D eigenvalue weighted by molar-refractivity contribution is 6.05. The highest BCUT2D eigenvalue weighted by Crippen LogP contribution is 2.38. The van der Waals surface area contributed by atoms with E-state index in [9.17, 15) is 40.7 Å². The Balaban J connectivity index is 1.38. The van der Waals surface area contributed by atoms with E-state index >= 15 is 8.96 Å². The van der Waals surface area contributed by atoms with E-state index in [1.54, 1.807) is 20.8 Å². The van der Waals surface area contributed by atoms with Crippen LogP contribution in [0, 0.1) is 5.41 Å². The zero-order chi connectivity index (χ0) is 39.6. The lowest BCUT2D eigenvalue weighted by Crippen LogP contribution is -2.52. The van der Waals surface area contributed by atoms with Crippen molar-refractivity contribution in [1.82, 2.24) is 25.1 Å². The van der Waals surface area contributed by atoms with Crippen LogP contribution in [0.5, 0.6) is 0 Å². The third kappa shape index (κ3) is 9.12. The van der Waals surface area contributed by atoms with Crippen LogP contribution < -0.4 is 0 Å². The number of ether oxygens (including phenoxy) is 1. The molecular formula is C37H33F8N5O4. The SMILES string of the molecule is CC(C)(C)OC(=O)N1CCC(C(=O)N(F)Cc2ccnc(-c3ccc(C(F)(F)F)cc3)c2)(C(=O)N(F)Cc2ccnc(-c3ccc(C(F)(F)F)cc3)c2)C1. The zero-order valence-corrected chi connectivity index (χ0v) is 29.0. The van der Waals surface area contributed by atoms with E-state index in [1.807, 2.05) is 0 Å². The van der Waals surface area contributed by atoms with E-state index in [-0.39, 0.29) is 50.4 Å². The number of likely N-dealkylation sites (tertiary alicyclic amines) is 1. The lowest BCUT2D eigenvalue weighted by molar-refractivity contribution is -0.175. The largest absolute Gasteiger partial charge is 0.444 e. The summed E-state index contributed by atoms with van der Waals surface area (Å²) in [7, 11) is 0. The van der Waals surface area contributed by atoms with E-state index in [4.69, 9.17) is 4.74 Å². The topological polar surface area (TPSA) is 95.9 Å². The second kappa shape index (κ2) is 15.0. The average Bonchev–Trinajstić information content (AvgIpc) is 3.57. The summed E-state index contributed by atoms with van der Waals surface area (Å²) in [6.07, 6.45) is -8.05. The predicted molar refractivity (Wildman–Crippen MR) is 178 cm³/mol. The number of halogens is 8. The Kier molecular flexibility index (Phi) is 11.0. The van der Waals surface area contributed by atoms with Crippen molar-refractivity contribution < 1.29 is 54.4 Å². The van der Waals surface area contributed by atoms with Crippen molar-refractivity contribution in [1.29, 1.82) is 0 Å². The van der Waals surface area contributed by atoms with E-state index in [2.05, 4.69) is 9.97 Å². The molecule has 5 rings (SSSR count). The molecule has 0 saturated carbocycles. The third-order valence-electron chi connectivity index (χ3n) is 8.49. The van der Waals surface area contributed by atoms with Crippen LogP contribution >= 0.6 is 0 Å². The molecule has 54 heavy (non-hydrogen) atoms. The molecule has 0 radical (unpaired) electrons. The Morgan fingerprint density at radius 1 is 0.704 bits per heavy atom. The smallest absolute Gasteiger partial charge is 0.416 e. The fourth-order valence-corrected chi connectivity index (χ4v) is 5.78. The molecule has 0 N–H and O–H groups in total. The highest BCUT2D eigenvalue weighted by Gasteiger charge is 2.56. The van der Waals surface area contributed by atoms with E-state index in [0.717, 1.165) is 29.2 Å². The monoisotopic (exact) mass is 763 g/mol. The average molecular weight is 764 g/mol. The molecule has 2 aromatic heterocycles. The molecular weight excluding hydrogens is 730 g/mol. The van der Waals surface area contributed by atoms with Gasteiger partial charge < -0.3 is 9.64 Å². The van der Waals surface area contributed by atoms with Crippen LogP contribution in [0.4, 0.5) is 40.1 Å². The van der Waals surface area contributed by atoms with Gasteiger partial charge in [0.05, 0.1) is 35.6 Å². The number of amides is 3. The molecule has 4 aromatic rings. The number of alkyl halides is 6. The van der Waals surface area contributed by atoms with Crippen LogP contribution in [0.1, 0.15) is 49.4 Å². The first-order chi connectivity index (χ1) is 25.2. The fraction of sp³-hybridized carbons (Fsp3) is 0.324. The first kappa shape index (κ1) is 39.6. The Bertz CT molecular complexity index is 1880. The van der Waals surface area contributed by atoms with E-state index in [0.29, 0.717) is 0 Å². The summed E-state index contributed by atoms with van der Waals surface area (Å²) in [4.78, 5) is 49.9. The number of nitrogens with zero attached hydrogens (tertiary/aromatic N) is 5. The molecule has 1 aliphatic rings. The molecule has 3 amide bonds. The lowest BCUT2D eigenvalue weighted by Gasteiger charge is -2.31. The number of hydrogen-bond donors (Lipinski definition) is 0.